The molecule has 0 bridgehead atoms. The lowest BCUT2D eigenvalue weighted by molar-refractivity contribution is 0.0488. The molecule has 0 spiro atoms. The molecule has 1 aromatic heterocycles. The Morgan fingerprint density at radius 3 is 2.74 bits per heavy atom. The van der Waals surface area contributed by atoms with Crippen LogP contribution in [0.3, 0.4) is 0 Å². The first-order valence-corrected chi connectivity index (χ1v) is 11.4. The van der Waals surface area contributed by atoms with Gasteiger partial charge in [-0.3, -0.25) is 20.0 Å². The summed E-state index contributed by atoms with van der Waals surface area (Å²) in [4.78, 5) is 30.3. The normalized spacial score (nSPS) is 15.1. The number of nitrogens with zero attached hydrogens (tertiary/aromatic N) is 2. The second kappa shape index (κ2) is 9.23. The number of hydrazine groups is 1. The number of halogens is 2. The standard InChI is InChI=1S/C22H18BrIN4O3/c1-2-31-19-6-3-14(23)11-17(19)20-26-18-5-4-15(24)12-16(18)22(30)28(20)27-21(29)13-7-9-25-10-8-13/h3-12,20,26H,2H2,1H3,(H,27,29). The van der Waals surface area contributed by atoms with Gasteiger partial charge in [-0.15, -0.1) is 0 Å². The molecule has 2 amide bonds. The third-order valence-electron chi connectivity index (χ3n) is 4.71. The number of rotatable bonds is 5. The lowest BCUT2D eigenvalue weighted by atomic mass is 10.0. The van der Waals surface area contributed by atoms with E-state index in [9.17, 15) is 9.59 Å². The Hall–Kier alpha value is -2.66. The molecule has 3 aromatic rings. The molecule has 4 rings (SSSR count). The summed E-state index contributed by atoms with van der Waals surface area (Å²) in [7, 11) is 0. The molecule has 158 valence electrons. The quantitative estimate of drug-likeness (QED) is 0.418. The molecule has 1 aliphatic rings. The van der Waals surface area contributed by atoms with Crippen molar-refractivity contribution in [3.63, 3.8) is 0 Å². The Morgan fingerprint density at radius 1 is 1.23 bits per heavy atom. The number of aromatic nitrogens is 1. The van der Waals surface area contributed by atoms with E-state index in [0.29, 0.717) is 34.7 Å². The highest BCUT2D eigenvalue weighted by molar-refractivity contribution is 14.1. The van der Waals surface area contributed by atoms with Crippen molar-refractivity contribution in [3.05, 3.63) is 85.7 Å². The minimum atomic E-state index is -0.676. The molecule has 0 fully saturated rings. The molecule has 1 unspecified atom stereocenters. The molecule has 9 heteroatoms. The first kappa shape index (κ1) is 21.6. The molecule has 7 nitrogen and oxygen atoms in total. The summed E-state index contributed by atoms with van der Waals surface area (Å²) in [5, 5.41) is 4.69. The van der Waals surface area contributed by atoms with Crippen LogP contribution in [0.15, 0.2) is 65.4 Å². The van der Waals surface area contributed by atoms with Crippen molar-refractivity contribution in [1.29, 1.82) is 0 Å². The smallest absolute Gasteiger partial charge is 0.276 e. The van der Waals surface area contributed by atoms with Gasteiger partial charge in [0, 0.05) is 37.3 Å². The molecule has 2 aromatic carbocycles. The van der Waals surface area contributed by atoms with Gasteiger partial charge in [-0.1, -0.05) is 15.9 Å². The van der Waals surface area contributed by atoms with Crippen LogP contribution < -0.4 is 15.5 Å². The predicted molar refractivity (Wildman–Crippen MR) is 129 cm³/mol. The van der Waals surface area contributed by atoms with Crippen molar-refractivity contribution < 1.29 is 14.3 Å². The van der Waals surface area contributed by atoms with Crippen molar-refractivity contribution in [2.75, 3.05) is 11.9 Å². The Kier molecular flexibility index (Phi) is 6.42. The van der Waals surface area contributed by atoms with E-state index in [2.05, 4.69) is 54.2 Å². The van der Waals surface area contributed by atoms with E-state index in [1.807, 2.05) is 37.3 Å². The lowest BCUT2D eigenvalue weighted by Gasteiger charge is -2.38. The minimum Gasteiger partial charge on any atom is -0.493 e. The van der Waals surface area contributed by atoms with E-state index < -0.39 is 12.1 Å². The summed E-state index contributed by atoms with van der Waals surface area (Å²) in [5.74, 6) is -0.111. The van der Waals surface area contributed by atoms with Gasteiger partial charge in [0.1, 0.15) is 5.75 Å². The second-order valence-corrected chi connectivity index (χ2v) is 8.87. The van der Waals surface area contributed by atoms with Gasteiger partial charge in [-0.25, -0.2) is 5.01 Å². The number of benzene rings is 2. The monoisotopic (exact) mass is 592 g/mol. The maximum Gasteiger partial charge on any atom is 0.276 e. The van der Waals surface area contributed by atoms with E-state index in [4.69, 9.17) is 4.74 Å². The van der Waals surface area contributed by atoms with Gasteiger partial charge in [0.2, 0.25) is 0 Å². The summed E-state index contributed by atoms with van der Waals surface area (Å²) in [6.07, 6.45) is 2.38. The van der Waals surface area contributed by atoms with Crippen LogP contribution in [0.2, 0.25) is 0 Å². The van der Waals surface area contributed by atoms with Crippen LogP contribution in [0.5, 0.6) is 5.75 Å². The fourth-order valence-corrected chi connectivity index (χ4v) is 4.18. The van der Waals surface area contributed by atoms with Crippen LogP contribution in [-0.2, 0) is 0 Å². The fraction of sp³-hybridized carbons (Fsp3) is 0.136. The third kappa shape index (κ3) is 4.52. The highest BCUT2D eigenvalue weighted by Crippen LogP contribution is 2.37. The average molecular weight is 593 g/mol. The number of hydrogen-bond acceptors (Lipinski definition) is 5. The van der Waals surface area contributed by atoms with Gasteiger partial charge in [0.25, 0.3) is 11.8 Å². The van der Waals surface area contributed by atoms with Crippen molar-refractivity contribution >= 4 is 56.0 Å². The molecule has 31 heavy (non-hydrogen) atoms. The largest absolute Gasteiger partial charge is 0.493 e. The van der Waals surface area contributed by atoms with Gasteiger partial charge in [-0.05, 0) is 78.0 Å². The third-order valence-corrected chi connectivity index (χ3v) is 5.88. The number of anilines is 1. The van der Waals surface area contributed by atoms with Gasteiger partial charge in [0.05, 0.1) is 12.2 Å². The van der Waals surface area contributed by atoms with Gasteiger partial charge >= 0.3 is 0 Å². The highest BCUT2D eigenvalue weighted by atomic mass is 127. The number of nitrogens with one attached hydrogen (secondary N) is 2. The van der Waals surface area contributed by atoms with Crippen LogP contribution in [0.4, 0.5) is 5.69 Å². The summed E-state index contributed by atoms with van der Waals surface area (Å²) in [5.41, 5.74) is 5.04. The Bertz CT molecular complexity index is 1140. The van der Waals surface area contributed by atoms with E-state index >= 15 is 0 Å². The summed E-state index contributed by atoms with van der Waals surface area (Å²) in [6.45, 7) is 2.36. The van der Waals surface area contributed by atoms with E-state index in [-0.39, 0.29) is 5.91 Å². The second-order valence-electron chi connectivity index (χ2n) is 6.70. The molecule has 1 atom stereocenters. The van der Waals surface area contributed by atoms with E-state index in [1.165, 1.54) is 17.4 Å². The Labute approximate surface area is 201 Å². The maximum absolute atomic E-state index is 13.5. The number of fused-ring (bicyclic) bond motifs is 1. The number of carbonyl (C=O) groups is 2. The molecular weight excluding hydrogens is 575 g/mol. The van der Waals surface area contributed by atoms with Crippen molar-refractivity contribution in [1.82, 2.24) is 15.4 Å². The van der Waals surface area contributed by atoms with Gasteiger partial charge in [0.15, 0.2) is 6.17 Å². The number of amides is 2. The molecule has 0 saturated heterocycles. The van der Waals surface area contributed by atoms with Crippen LogP contribution in [-0.4, -0.2) is 28.4 Å². The minimum absolute atomic E-state index is 0.318. The van der Waals surface area contributed by atoms with Crippen molar-refractivity contribution in [3.8, 4) is 5.75 Å². The lowest BCUT2D eigenvalue weighted by Crippen LogP contribution is -2.53. The van der Waals surface area contributed by atoms with Crippen molar-refractivity contribution in [2.45, 2.75) is 13.1 Å². The van der Waals surface area contributed by atoms with E-state index in [1.54, 1.807) is 18.2 Å². The molecule has 2 heterocycles. The maximum atomic E-state index is 13.5. The summed E-state index contributed by atoms with van der Waals surface area (Å²) >= 11 is 5.65. The zero-order valence-electron chi connectivity index (χ0n) is 16.4. The molecular formula is C22H18BrIN4O3. The highest BCUT2D eigenvalue weighted by Gasteiger charge is 2.36. The van der Waals surface area contributed by atoms with E-state index in [0.717, 1.165) is 8.04 Å². The molecule has 0 saturated carbocycles. The molecule has 1 aliphatic heterocycles. The van der Waals surface area contributed by atoms with Crippen molar-refractivity contribution in [2.24, 2.45) is 0 Å². The number of ether oxygens (including phenoxy) is 1. The zero-order valence-corrected chi connectivity index (χ0v) is 20.2. The molecule has 0 radical (unpaired) electrons. The van der Waals surface area contributed by atoms with Crippen LogP contribution >= 0.6 is 38.5 Å². The van der Waals surface area contributed by atoms with Gasteiger partial charge < -0.3 is 10.1 Å². The summed E-state index contributed by atoms with van der Waals surface area (Å²) in [6, 6.07) is 14.3. The fourth-order valence-electron chi connectivity index (χ4n) is 3.31. The number of pyridine rings is 1. The van der Waals surface area contributed by atoms with Crippen LogP contribution in [0.25, 0.3) is 0 Å². The predicted octanol–water partition coefficient (Wildman–Crippen LogP) is 4.76. The SMILES string of the molecule is CCOc1ccc(Br)cc1C1Nc2ccc(I)cc2C(=O)N1NC(=O)c1ccncc1. The average Bonchev–Trinajstić information content (AvgIpc) is 2.78. The molecule has 0 aliphatic carbocycles. The van der Waals surface area contributed by atoms with Gasteiger partial charge in [-0.2, -0.15) is 0 Å². The first-order valence-electron chi connectivity index (χ1n) is 9.51. The number of hydrogen-bond donors (Lipinski definition) is 2. The number of carbonyl (C=O) groups excluding carboxylic acids is 2. The van der Waals surface area contributed by atoms with Crippen LogP contribution in [0, 0.1) is 3.57 Å². The van der Waals surface area contributed by atoms with Crippen LogP contribution in [0.1, 0.15) is 39.4 Å². The molecule has 2 N–H and O–H groups in total. The first-order chi connectivity index (χ1) is 15.0. The zero-order chi connectivity index (χ0) is 22.0. The Balaban J connectivity index is 1.79. The summed E-state index contributed by atoms with van der Waals surface area (Å²) < 4.78 is 7.55. The topological polar surface area (TPSA) is 83.6 Å². The Morgan fingerprint density at radius 2 is 2.00 bits per heavy atom.